The number of amides is 1. The third-order valence-corrected chi connectivity index (χ3v) is 5.91. The molecule has 0 spiro atoms. The van der Waals surface area contributed by atoms with E-state index >= 15 is 0 Å². The number of aryl methyl sites for hydroxylation is 2. The van der Waals surface area contributed by atoms with Crippen molar-refractivity contribution in [2.45, 2.75) is 44.8 Å². The van der Waals surface area contributed by atoms with E-state index in [1.807, 2.05) is 25.0 Å². The van der Waals surface area contributed by atoms with Gasteiger partial charge in [-0.15, -0.1) is 0 Å². The van der Waals surface area contributed by atoms with Crippen molar-refractivity contribution in [3.63, 3.8) is 0 Å². The molecule has 1 aromatic carbocycles. The molecule has 0 aliphatic carbocycles. The molecule has 1 fully saturated rings. The van der Waals surface area contributed by atoms with E-state index < -0.39 is 0 Å². The lowest BCUT2D eigenvalue weighted by Crippen LogP contribution is -2.35. The van der Waals surface area contributed by atoms with Crippen molar-refractivity contribution in [3.8, 4) is 0 Å². The van der Waals surface area contributed by atoms with Crippen LogP contribution in [0.25, 0.3) is 0 Å². The van der Waals surface area contributed by atoms with Crippen molar-refractivity contribution >= 4 is 17.7 Å². The summed E-state index contributed by atoms with van der Waals surface area (Å²) in [5.74, 6) is 0.245. The molecule has 0 radical (unpaired) electrons. The molecule has 6 heteroatoms. The lowest BCUT2D eigenvalue weighted by atomic mass is 10.1. The fourth-order valence-electron chi connectivity index (χ4n) is 3.77. The van der Waals surface area contributed by atoms with Crippen LogP contribution < -0.4 is 0 Å². The van der Waals surface area contributed by atoms with Gasteiger partial charge in [0.05, 0.1) is 0 Å². The summed E-state index contributed by atoms with van der Waals surface area (Å²) < 4.78 is 0. The van der Waals surface area contributed by atoms with E-state index in [1.165, 1.54) is 5.56 Å². The third-order valence-electron chi connectivity index (χ3n) is 5.36. The average molecular weight is 399 g/mol. The summed E-state index contributed by atoms with van der Waals surface area (Å²) in [5, 5.41) is 0.802. The van der Waals surface area contributed by atoms with Crippen molar-refractivity contribution < 1.29 is 4.79 Å². The zero-order valence-electron chi connectivity index (χ0n) is 17.1. The van der Waals surface area contributed by atoms with E-state index in [0.29, 0.717) is 6.42 Å². The quantitative estimate of drug-likeness (QED) is 0.551. The first-order valence-electron chi connectivity index (χ1n) is 9.99. The standard InChI is InChI=1S/C22H30N4OS/c1-17-20(18(2)24-22(23-17)28-3)10-11-21(27)26-13-7-12-25(14-15-26)16-19-8-5-4-6-9-19/h4-6,8-9H,7,10-16H2,1-3H3. The van der Waals surface area contributed by atoms with Crippen LogP contribution in [0.15, 0.2) is 35.5 Å². The van der Waals surface area contributed by atoms with Gasteiger partial charge in [0, 0.05) is 50.5 Å². The predicted octanol–water partition coefficient (Wildman–Crippen LogP) is 3.48. The van der Waals surface area contributed by atoms with Crippen molar-refractivity contribution in [2.75, 3.05) is 32.4 Å². The smallest absolute Gasteiger partial charge is 0.222 e. The van der Waals surface area contributed by atoms with Crippen LogP contribution in [0.5, 0.6) is 0 Å². The Balaban J connectivity index is 1.53. The maximum absolute atomic E-state index is 12.8. The third kappa shape index (κ3) is 5.55. The van der Waals surface area contributed by atoms with Crippen molar-refractivity contribution in [3.05, 3.63) is 52.8 Å². The van der Waals surface area contributed by atoms with Crippen LogP contribution in [0.2, 0.25) is 0 Å². The number of rotatable bonds is 6. The second-order valence-electron chi connectivity index (χ2n) is 7.36. The maximum atomic E-state index is 12.8. The summed E-state index contributed by atoms with van der Waals surface area (Å²) in [5.41, 5.74) is 4.44. The molecule has 1 amide bonds. The Hall–Kier alpha value is -1.92. The number of benzene rings is 1. The van der Waals surface area contributed by atoms with Gasteiger partial charge < -0.3 is 4.90 Å². The second kappa shape index (κ2) is 10.0. The lowest BCUT2D eigenvalue weighted by molar-refractivity contribution is -0.131. The molecule has 28 heavy (non-hydrogen) atoms. The predicted molar refractivity (Wildman–Crippen MR) is 115 cm³/mol. The summed E-state index contributed by atoms with van der Waals surface area (Å²) >= 11 is 1.55. The Labute approximate surface area is 172 Å². The van der Waals surface area contributed by atoms with Crippen LogP contribution in [-0.4, -0.2) is 58.1 Å². The van der Waals surface area contributed by atoms with E-state index in [0.717, 1.165) is 67.7 Å². The van der Waals surface area contributed by atoms with E-state index in [-0.39, 0.29) is 5.91 Å². The molecule has 0 atom stereocenters. The monoisotopic (exact) mass is 398 g/mol. The molecular formula is C22H30N4OS. The molecule has 0 unspecified atom stereocenters. The van der Waals surface area contributed by atoms with Crippen LogP contribution in [0.1, 0.15) is 35.4 Å². The summed E-state index contributed by atoms with van der Waals surface area (Å²) in [7, 11) is 0. The van der Waals surface area contributed by atoms with Crippen molar-refractivity contribution in [2.24, 2.45) is 0 Å². The number of thioether (sulfide) groups is 1. The Morgan fingerprint density at radius 2 is 1.75 bits per heavy atom. The van der Waals surface area contributed by atoms with Gasteiger partial charge in [0.25, 0.3) is 0 Å². The molecule has 0 bridgehead atoms. The molecule has 1 aliphatic rings. The fourth-order valence-corrected chi connectivity index (χ4v) is 4.23. The number of nitrogens with zero attached hydrogens (tertiary/aromatic N) is 4. The van der Waals surface area contributed by atoms with Gasteiger partial charge in [-0.25, -0.2) is 9.97 Å². The van der Waals surface area contributed by atoms with E-state index in [9.17, 15) is 4.79 Å². The van der Waals surface area contributed by atoms with Gasteiger partial charge in [0.1, 0.15) is 0 Å². The van der Waals surface area contributed by atoms with Gasteiger partial charge in [0.15, 0.2) is 5.16 Å². The number of carbonyl (C=O) groups excluding carboxylic acids is 1. The molecule has 1 aliphatic heterocycles. The van der Waals surface area contributed by atoms with Crippen molar-refractivity contribution in [1.29, 1.82) is 0 Å². The summed E-state index contributed by atoms with van der Waals surface area (Å²) in [6.07, 6.45) is 4.26. The first kappa shape index (κ1) is 20.8. The minimum Gasteiger partial charge on any atom is -0.341 e. The van der Waals surface area contributed by atoms with Crippen LogP contribution in [0, 0.1) is 13.8 Å². The van der Waals surface area contributed by atoms with Gasteiger partial charge in [0.2, 0.25) is 5.91 Å². The zero-order chi connectivity index (χ0) is 19.9. The van der Waals surface area contributed by atoms with Gasteiger partial charge in [-0.3, -0.25) is 9.69 Å². The molecule has 5 nitrogen and oxygen atoms in total. The van der Waals surface area contributed by atoms with E-state index in [4.69, 9.17) is 0 Å². The van der Waals surface area contributed by atoms with E-state index in [2.05, 4.69) is 45.2 Å². The molecule has 3 rings (SSSR count). The number of hydrogen-bond donors (Lipinski definition) is 0. The van der Waals surface area contributed by atoms with Gasteiger partial charge in [-0.05, 0) is 44.1 Å². The van der Waals surface area contributed by atoms with Crippen LogP contribution >= 0.6 is 11.8 Å². The topological polar surface area (TPSA) is 49.3 Å². The van der Waals surface area contributed by atoms with Gasteiger partial charge >= 0.3 is 0 Å². The minimum absolute atomic E-state index is 0.245. The molecule has 0 saturated carbocycles. The Bertz CT molecular complexity index is 773. The average Bonchev–Trinajstić information content (AvgIpc) is 2.93. The first-order valence-corrected chi connectivity index (χ1v) is 11.2. The van der Waals surface area contributed by atoms with Crippen LogP contribution in [0.3, 0.4) is 0 Å². The molecule has 150 valence electrons. The van der Waals surface area contributed by atoms with Crippen LogP contribution in [-0.2, 0) is 17.8 Å². The number of hydrogen-bond acceptors (Lipinski definition) is 5. The Morgan fingerprint density at radius 1 is 1.04 bits per heavy atom. The SMILES string of the molecule is CSc1nc(C)c(CCC(=O)N2CCCN(Cc3ccccc3)CC2)c(C)n1. The molecule has 2 heterocycles. The highest BCUT2D eigenvalue weighted by atomic mass is 32.2. The maximum Gasteiger partial charge on any atom is 0.222 e. The van der Waals surface area contributed by atoms with Crippen molar-refractivity contribution in [1.82, 2.24) is 19.8 Å². The normalized spacial score (nSPS) is 15.5. The highest BCUT2D eigenvalue weighted by molar-refractivity contribution is 7.98. The number of carbonyl (C=O) groups is 1. The minimum atomic E-state index is 0.245. The van der Waals surface area contributed by atoms with Gasteiger partial charge in [-0.2, -0.15) is 0 Å². The van der Waals surface area contributed by atoms with Gasteiger partial charge in [-0.1, -0.05) is 42.1 Å². The molecule has 2 aromatic rings. The van der Waals surface area contributed by atoms with Crippen LogP contribution in [0.4, 0.5) is 0 Å². The summed E-state index contributed by atoms with van der Waals surface area (Å²) in [6.45, 7) is 8.63. The molecular weight excluding hydrogens is 368 g/mol. The highest BCUT2D eigenvalue weighted by Gasteiger charge is 2.20. The summed E-state index contributed by atoms with van der Waals surface area (Å²) in [4.78, 5) is 26.3. The number of aromatic nitrogens is 2. The second-order valence-corrected chi connectivity index (χ2v) is 8.13. The molecule has 1 aromatic heterocycles. The molecule has 0 N–H and O–H groups in total. The lowest BCUT2D eigenvalue weighted by Gasteiger charge is -2.22. The Morgan fingerprint density at radius 3 is 2.43 bits per heavy atom. The summed E-state index contributed by atoms with van der Waals surface area (Å²) in [6, 6.07) is 10.6. The first-order chi connectivity index (χ1) is 13.6. The molecule has 1 saturated heterocycles. The zero-order valence-corrected chi connectivity index (χ0v) is 18.0. The fraction of sp³-hybridized carbons (Fsp3) is 0.500. The Kier molecular flexibility index (Phi) is 7.45. The van der Waals surface area contributed by atoms with E-state index in [1.54, 1.807) is 11.8 Å². The highest BCUT2D eigenvalue weighted by Crippen LogP contribution is 2.18. The largest absolute Gasteiger partial charge is 0.341 e.